The fourth-order valence-electron chi connectivity index (χ4n) is 3.25. The molecule has 23 heavy (non-hydrogen) atoms. The van der Waals surface area contributed by atoms with Crippen LogP contribution in [0.2, 0.25) is 0 Å². The zero-order chi connectivity index (χ0) is 16.8. The van der Waals surface area contributed by atoms with Gasteiger partial charge in [-0.05, 0) is 19.3 Å². The highest BCUT2D eigenvalue weighted by atomic mass is 16.5. The quantitative estimate of drug-likeness (QED) is 0.924. The smallest absolute Gasteiger partial charge is 0.289 e. The summed E-state index contributed by atoms with van der Waals surface area (Å²) in [6, 6.07) is 1.75. The molecule has 0 radical (unpaired) electrons. The predicted octanol–water partition coefficient (Wildman–Crippen LogP) is 1.94. The molecule has 126 valence electrons. The number of methoxy groups -OCH3 is 1. The minimum atomic E-state index is -0.275. The van der Waals surface area contributed by atoms with Crippen molar-refractivity contribution in [3.63, 3.8) is 0 Å². The second-order valence-corrected chi connectivity index (χ2v) is 7.14. The Morgan fingerprint density at radius 1 is 1.43 bits per heavy atom. The molecule has 1 saturated carbocycles. The molecule has 1 N–H and O–H groups in total. The normalized spacial score (nSPS) is 25.8. The summed E-state index contributed by atoms with van der Waals surface area (Å²) >= 11 is 0. The lowest BCUT2D eigenvalue weighted by atomic mass is 9.85. The number of carbonyl (C=O) groups is 2. The van der Waals surface area contributed by atoms with Crippen molar-refractivity contribution in [3.8, 4) is 0 Å². The topological polar surface area (TPSA) is 71.8 Å². The molecule has 0 atom stereocenters. The molecule has 1 aromatic rings. The lowest BCUT2D eigenvalue weighted by Crippen LogP contribution is -2.48. The van der Waals surface area contributed by atoms with Gasteiger partial charge in [-0.2, -0.15) is 0 Å². The van der Waals surface area contributed by atoms with Gasteiger partial charge in [0.1, 0.15) is 5.76 Å². The van der Waals surface area contributed by atoms with E-state index >= 15 is 0 Å². The Hall–Kier alpha value is -1.82. The molecule has 0 spiro atoms. The first-order chi connectivity index (χ1) is 10.8. The van der Waals surface area contributed by atoms with Gasteiger partial charge < -0.3 is 19.4 Å². The molecule has 1 aliphatic heterocycles. The van der Waals surface area contributed by atoms with Crippen molar-refractivity contribution in [1.82, 2.24) is 10.2 Å². The third-order valence-electron chi connectivity index (χ3n) is 5.11. The van der Waals surface area contributed by atoms with Gasteiger partial charge in [0, 0.05) is 38.2 Å². The number of carbonyl (C=O) groups excluding carboxylic acids is 2. The number of amides is 2. The van der Waals surface area contributed by atoms with Crippen LogP contribution in [-0.2, 0) is 10.2 Å². The number of fused-ring (bicyclic) bond motifs is 1. The molecule has 6 heteroatoms. The minimum absolute atomic E-state index is 0.166. The van der Waals surface area contributed by atoms with Gasteiger partial charge in [-0.1, -0.05) is 13.8 Å². The van der Waals surface area contributed by atoms with Crippen molar-refractivity contribution in [2.75, 3.05) is 20.7 Å². The second kappa shape index (κ2) is 5.67. The van der Waals surface area contributed by atoms with E-state index < -0.39 is 0 Å². The van der Waals surface area contributed by atoms with Crippen LogP contribution in [0, 0.1) is 0 Å². The Bertz CT molecular complexity index is 629. The average molecular weight is 320 g/mol. The van der Waals surface area contributed by atoms with Crippen LogP contribution in [-0.4, -0.2) is 49.6 Å². The van der Waals surface area contributed by atoms with Crippen molar-refractivity contribution >= 4 is 11.8 Å². The molecular weight excluding hydrogens is 296 g/mol. The van der Waals surface area contributed by atoms with Gasteiger partial charge in [0.15, 0.2) is 5.76 Å². The summed E-state index contributed by atoms with van der Waals surface area (Å²) in [4.78, 5) is 26.5. The van der Waals surface area contributed by atoms with Gasteiger partial charge in [0.25, 0.3) is 11.8 Å². The number of nitrogens with zero attached hydrogens (tertiary/aromatic N) is 1. The van der Waals surface area contributed by atoms with Gasteiger partial charge in [0.05, 0.1) is 11.7 Å². The van der Waals surface area contributed by atoms with Gasteiger partial charge in [-0.15, -0.1) is 0 Å². The Morgan fingerprint density at radius 3 is 2.78 bits per heavy atom. The van der Waals surface area contributed by atoms with Crippen LogP contribution in [0.25, 0.3) is 0 Å². The Labute approximate surface area is 136 Å². The van der Waals surface area contributed by atoms with Crippen LogP contribution in [0.1, 0.15) is 59.8 Å². The van der Waals surface area contributed by atoms with Crippen LogP contribution in [0.3, 0.4) is 0 Å². The number of hydrogen-bond acceptors (Lipinski definition) is 4. The van der Waals surface area contributed by atoms with E-state index in [1.165, 1.54) is 0 Å². The summed E-state index contributed by atoms with van der Waals surface area (Å²) in [5.74, 6) is 0.497. The molecule has 1 aliphatic carbocycles. The van der Waals surface area contributed by atoms with Gasteiger partial charge in [-0.25, -0.2) is 0 Å². The third-order valence-corrected chi connectivity index (χ3v) is 5.11. The summed E-state index contributed by atoms with van der Waals surface area (Å²) in [5.41, 5.74) is 0.205. The minimum Gasteiger partial charge on any atom is -0.454 e. The van der Waals surface area contributed by atoms with Gasteiger partial charge >= 0.3 is 0 Å². The van der Waals surface area contributed by atoms with Gasteiger partial charge in [0.2, 0.25) is 0 Å². The fraction of sp³-hybridized carbons (Fsp3) is 0.647. The zero-order valence-electron chi connectivity index (χ0n) is 14.1. The number of hydrogen-bond donors (Lipinski definition) is 1. The van der Waals surface area contributed by atoms with E-state index in [0.29, 0.717) is 17.9 Å². The highest BCUT2D eigenvalue weighted by molar-refractivity contribution is 6.00. The van der Waals surface area contributed by atoms with Crippen LogP contribution >= 0.6 is 0 Å². The van der Waals surface area contributed by atoms with E-state index in [0.717, 1.165) is 19.3 Å². The maximum absolute atomic E-state index is 12.7. The van der Waals surface area contributed by atoms with E-state index in [-0.39, 0.29) is 35.1 Å². The van der Waals surface area contributed by atoms with E-state index in [9.17, 15) is 9.59 Å². The summed E-state index contributed by atoms with van der Waals surface area (Å²) in [5, 5.41) is 2.86. The second-order valence-electron chi connectivity index (χ2n) is 7.14. The lowest BCUT2D eigenvalue weighted by Gasteiger charge is -2.39. The van der Waals surface area contributed by atoms with E-state index in [2.05, 4.69) is 5.32 Å². The Morgan fingerprint density at radius 2 is 2.13 bits per heavy atom. The molecule has 3 rings (SSSR count). The fourth-order valence-corrected chi connectivity index (χ4v) is 3.25. The number of furan rings is 1. The highest BCUT2D eigenvalue weighted by Crippen LogP contribution is 2.35. The maximum Gasteiger partial charge on any atom is 0.289 e. The SMILES string of the molecule is COC1CC(N(C)C(=O)c2cc3c(o2)C(C)(C)CCNC3=O)C1. The number of ether oxygens (including phenoxy) is 1. The summed E-state index contributed by atoms with van der Waals surface area (Å²) < 4.78 is 11.1. The monoisotopic (exact) mass is 320 g/mol. The van der Waals surface area contributed by atoms with Crippen LogP contribution < -0.4 is 5.32 Å². The summed E-state index contributed by atoms with van der Waals surface area (Å²) in [6.07, 6.45) is 2.69. The van der Waals surface area contributed by atoms with Crippen LogP contribution in [0.15, 0.2) is 10.5 Å². The van der Waals surface area contributed by atoms with E-state index in [1.54, 1.807) is 25.1 Å². The van der Waals surface area contributed by atoms with E-state index in [4.69, 9.17) is 9.15 Å². The van der Waals surface area contributed by atoms with Gasteiger partial charge in [-0.3, -0.25) is 9.59 Å². The Kier molecular flexibility index (Phi) is 3.96. The average Bonchev–Trinajstić information content (AvgIpc) is 2.87. The molecule has 1 fully saturated rings. The maximum atomic E-state index is 12.7. The Balaban J connectivity index is 1.83. The molecule has 6 nitrogen and oxygen atoms in total. The first-order valence-electron chi connectivity index (χ1n) is 8.06. The van der Waals surface area contributed by atoms with Crippen molar-refractivity contribution in [3.05, 3.63) is 23.2 Å². The van der Waals surface area contributed by atoms with Crippen LogP contribution in [0.5, 0.6) is 0 Å². The molecule has 0 bridgehead atoms. The molecule has 0 saturated heterocycles. The predicted molar refractivity (Wildman–Crippen MR) is 84.6 cm³/mol. The van der Waals surface area contributed by atoms with Crippen LogP contribution in [0.4, 0.5) is 0 Å². The van der Waals surface area contributed by atoms with Crippen molar-refractivity contribution < 1.29 is 18.7 Å². The molecular formula is C17H24N2O4. The van der Waals surface area contributed by atoms with Crippen molar-refractivity contribution in [2.45, 2.75) is 50.7 Å². The number of rotatable bonds is 3. The first kappa shape index (κ1) is 16.1. The third kappa shape index (κ3) is 2.76. The number of nitrogens with one attached hydrogen (secondary N) is 1. The molecule has 2 heterocycles. The highest BCUT2D eigenvalue weighted by Gasteiger charge is 2.38. The van der Waals surface area contributed by atoms with Crippen molar-refractivity contribution in [1.29, 1.82) is 0 Å². The first-order valence-corrected chi connectivity index (χ1v) is 8.06. The molecule has 2 aliphatic rings. The zero-order valence-corrected chi connectivity index (χ0v) is 14.1. The van der Waals surface area contributed by atoms with E-state index in [1.807, 2.05) is 13.8 Å². The summed E-state index contributed by atoms with van der Waals surface area (Å²) in [6.45, 7) is 4.67. The standard InChI is InChI=1S/C17H24N2O4/c1-17(2)5-6-18-15(20)12-9-13(23-14(12)17)16(21)19(3)10-7-11(8-10)22-4/h9-11H,5-8H2,1-4H3,(H,18,20). The summed E-state index contributed by atoms with van der Waals surface area (Å²) in [7, 11) is 3.46. The molecule has 0 aromatic carbocycles. The molecule has 2 amide bonds. The molecule has 0 unspecified atom stereocenters. The van der Waals surface area contributed by atoms with Crippen molar-refractivity contribution in [2.24, 2.45) is 0 Å². The lowest BCUT2D eigenvalue weighted by molar-refractivity contribution is -0.0153. The molecule has 1 aromatic heterocycles. The largest absolute Gasteiger partial charge is 0.454 e.